The molecule has 0 heterocycles. The third-order valence-corrected chi connectivity index (χ3v) is 3.26. The van der Waals surface area contributed by atoms with Crippen LogP contribution in [0.25, 0.3) is 0 Å². The summed E-state index contributed by atoms with van der Waals surface area (Å²) < 4.78 is 11.0. The summed E-state index contributed by atoms with van der Waals surface area (Å²) in [5.41, 5.74) is 1.90. The number of benzene rings is 2. The van der Waals surface area contributed by atoms with Gasteiger partial charge in [0.25, 0.3) is 0 Å². The molecule has 0 spiro atoms. The molecule has 0 aliphatic rings. The average molecular weight is 314 g/mol. The molecule has 2 amide bonds. The van der Waals surface area contributed by atoms with E-state index < -0.39 is 0 Å². The smallest absolute Gasteiger partial charge is 0.321 e. The van der Waals surface area contributed by atoms with Gasteiger partial charge in [0, 0.05) is 5.69 Å². The van der Waals surface area contributed by atoms with Crippen LogP contribution in [-0.2, 0) is 6.42 Å². The molecule has 2 N–H and O–H groups in total. The highest BCUT2D eigenvalue weighted by Gasteiger charge is 2.06. The quantitative estimate of drug-likeness (QED) is 0.764. The predicted octanol–water partition coefficient (Wildman–Crippen LogP) is 3.81. The number of ether oxygens (including phenoxy) is 2. The minimum absolute atomic E-state index is 0.0597. The Balaban J connectivity index is 1.85. The maximum absolute atomic E-state index is 11.9. The van der Waals surface area contributed by atoms with Gasteiger partial charge in [0.05, 0.1) is 6.61 Å². The number of hydrogen-bond acceptors (Lipinski definition) is 3. The molecule has 0 aromatic heterocycles. The molecular formula is C18H22N2O3. The third kappa shape index (κ3) is 4.92. The van der Waals surface area contributed by atoms with E-state index in [1.165, 1.54) is 0 Å². The van der Waals surface area contributed by atoms with Gasteiger partial charge in [-0.05, 0) is 37.1 Å². The molecule has 0 saturated heterocycles. The van der Waals surface area contributed by atoms with E-state index in [-0.39, 0.29) is 12.8 Å². The summed E-state index contributed by atoms with van der Waals surface area (Å²) in [7, 11) is 0. The largest absolute Gasteiger partial charge is 0.490 e. The molecule has 23 heavy (non-hydrogen) atoms. The fourth-order valence-corrected chi connectivity index (χ4v) is 2.14. The summed E-state index contributed by atoms with van der Waals surface area (Å²) in [6.07, 6.45) is 0.856. The zero-order valence-corrected chi connectivity index (χ0v) is 13.5. The highest BCUT2D eigenvalue weighted by Crippen LogP contribution is 2.25. The van der Waals surface area contributed by atoms with Crippen molar-refractivity contribution in [3.63, 3.8) is 0 Å². The summed E-state index contributed by atoms with van der Waals surface area (Å²) in [6.45, 7) is 4.58. The van der Waals surface area contributed by atoms with Gasteiger partial charge in [-0.1, -0.05) is 37.3 Å². The first-order valence-corrected chi connectivity index (χ1v) is 7.72. The molecule has 0 aliphatic heterocycles. The van der Waals surface area contributed by atoms with Crippen LogP contribution < -0.4 is 20.1 Å². The standard InChI is InChI=1S/C18H22N2O3/c1-3-14-9-5-6-10-15(14)20-18(21)19-13-23-17-12-8-7-11-16(17)22-4-2/h5-12H,3-4,13H2,1-2H3,(H2,19,20,21). The van der Waals surface area contributed by atoms with Crippen molar-refractivity contribution in [3.05, 3.63) is 54.1 Å². The van der Waals surface area contributed by atoms with Gasteiger partial charge in [0.15, 0.2) is 18.2 Å². The Morgan fingerprint density at radius 1 is 0.957 bits per heavy atom. The molecule has 2 rings (SSSR count). The summed E-state index contributed by atoms with van der Waals surface area (Å²) in [4.78, 5) is 11.9. The van der Waals surface area contributed by atoms with Crippen molar-refractivity contribution < 1.29 is 14.3 Å². The normalized spacial score (nSPS) is 10.0. The first-order chi connectivity index (χ1) is 11.2. The number of amides is 2. The molecule has 0 aliphatic carbocycles. The molecule has 0 saturated carbocycles. The molecule has 0 radical (unpaired) electrons. The Kier molecular flexibility index (Phi) is 6.29. The molecule has 0 unspecified atom stereocenters. The van der Waals surface area contributed by atoms with Crippen molar-refractivity contribution in [2.45, 2.75) is 20.3 Å². The van der Waals surface area contributed by atoms with Gasteiger partial charge in [-0.2, -0.15) is 0 Å². The van der Waals surface area contributed by atoms with Crippen molar-refractivity contribution in [1.29, 1.82) is 0 Å². The maximum Gasteiger partial charge on any atom is 0.321 e. The van der Waals surface area contributed by atoms with E-state index in [1.54, 1.807) is 6.07 Å². The summed E-state index contributed by atoms with van der Waals surface area (Å²) in [6, 6.07) is 14.8. The number of carbonyl (C=O) groups is 1. The van der Waals surface area contributed by atoms with Crippen molar-refractivity contribution >= 4 is 11.7 Å². The number of hydrogen-bond donors (Lipinski definition) is 2. The topological polar surface area (TPSA) is 59.6 Å². The third-order valence-electron chi connectivity index (χ3n) is 3.26. The molecule has 2 aromatic rings. The van der Waals surface area contributed by atoms with Crippen molar-refractivity contribution in [2.24, 2.45) is 0 Å². The number of carbonyl (C=O) groups excluding carboxylic acids is 1. The number of rotatable bonds is 7. The SMILES string of the molecule is CCOc1ccccc1OCNC(=O)Nc1ccccc1CC. The van der Waals surface area contributed by atoms with Crippen LogP contribution in [0.3, 0.4) is 0 Å². The van der Waals surface area contributed by atoms with E-state index in [9.17, 15) is 4.79 Å². The molecule has 5 heteroatoms. The fourth-order valence-electron chi connectivity index (χ4n) is 2.14. The van der Waals surface area contributed by atoms with Crippen LogP contribution in [0.4, 0.5) is 10.5 Å². The van der Waals surface area contributed by atoms with Gasteiger partial charge in [0.2, 0.25) is 0 Å². The lowest BCUT2D eigenvalue weighted by molar-refractivity contribution is 0.229. The second-order valence-electron chi connectivity index (χ2n) is 4.81. The molecule has 0 atom stereocenters. The number of para-hydroxylation sites is 3. The van der Waals surface area contributed by atoms with Gasteiger partial charge in [-0.3, -0.25) is 0 Å². The number of urea groups is 1. The van der Waals surface area contributed by atoms with Crippen molar-refractivity contribution in [3.8, 4) is 11.5 Å². The minimum atomic E-state index is -0.306. The van der Waals surface area contributed by atoms with Crippen LogP contribution in [0.1, 0.15) is 19.4 Å². The number of aryl methyl sites for hydroxylation is 1. The van der Waals surface area contributed by atoms with E-state index in [0.717, 1.165) is 17.7 Å². The number of anilines is 1. The minimum Gasteiger partial charge on any atom is -0.490 e. The zero-order valence-electron chi connectivity index (χ0n) is 13.5. The van der Waals surface area contributed by atoms with Gasteiger partial charge in [0.1, 0.15) is 0 Å². The fraction of sp³-hybridized carbons (Fsp3) is 0.278. The first kappa shape index (κ1) is 16.7. The monoisotopic (exact) mass is 314 g/mol. The lowest BCUT2D eigenvalue weighted by atomic mass is 10.1. The zero-order chi connectivity index (χ0) is 16.5. The van der Waals surface area contributed by atoms with Crippen LogP contribution >= 0.6 is 0 Å². The average Bonchev–Trinajstić information content (AvgIpc) is 2.57. The summed E-state index contributed by atoms with van der Waals surface area (Å²) >= 11 is 0. The van der Waals surface area contributed by atoms with E-state index in [0.29, 0.717) is 18.1 Å². The van der Waals surface area contributed by atoms with E-state index >= 15 is 0 Å². The lowest BCUT2D eigenvalue weighted by Crippen LogP contribution is -2.32. The van der Waals surface area contributed by atoms with Gasteiger partial charge in [-0.25, -0.2) is 4.79 Å². The Morgan fingerprint density at radius 2 is 1.61 bits per heavy atom. The molecule has 5 nitrogen and oxygen atoms in total. The van der Waals surface area contributed by atoms with Crippen molar-refractivity contribution in [1.82, 2.24) is 5.32 Å². The van der Waals surface area contributed by atoms with E-state index in [2.05, 4.69) is 10.6 Å². The molecule has 2 aromatic carbocycles. The van der Waals surface area contributed by atoms with E-state index in [4.69, 9.17) is 9.47 Å². The van der Waals surface area contributed by atoms with E-state index in [1.807, 2.05) is 56.3 Å². The first-order valence-electron chi connectivity index (χ1n) is 7.72. The summed E-state index contributed by atoms with van der Waals surface area (Å²) in [5, 5.41) is 5.50. The van der Waals surface area contributed by atoms with Crippen LogP contribution in [-0.4, -0.2) is 19.4 Å². The lowest BCUT2D eigenvalue weighted by Gasteiger charge is -2.13. The second-order valence-corrected chi connectivity index (χ2v) is 4.81. The molecule has 122 valence electrons. The molecular weight excluding hydrogens is 292 g/mol. The maximum atomic E-state index is 11.9. The van der Waals surface area contributed by atoms with Crippen molar-refractivity contribution in [2.75, 3.05) is 18.7 Å². The Bertz CT molecular complexity index is 644. The van der Waals surface area contributed by atoms with Crippen LogP contribution in [0.5, 0.6) is 11.5 Å². The van der Waals surface area contributed by atoms with Gasteiger partial charge in [-0.15, -0.1) is 0 Å². The van der Waals surface area contributed by atoms with Crippen LogP contribution in [0.2, 0.25) is 0 Å². The second kappa shape index (κ2) is 8.68. The summed E-state index contributed by atoms with van der Waals surface area (Å²) in [5.74, 6) is 1.26. The highest BCUT2D eigenvalue weighted by atomic mass is 16.5. The van der Waals surface area contributed by atoms with Gasteiger partial charge < -0.3 is 20.1 Å². The Labute approximate surface area is 136 Å². The Hall–Kier alpha value is -2.69. The molecule has 0 fully saturated rings. The predicted molar refractivity (Wildman–Crippen MR) is 91.1 cm³/mol. The van der Waals surface area contributed by atoms with Gasteiger partial charge >= 0.3 is 6.03 Å². The van der Waals surface area contributed by atoms with Crippen LogP contribution in [0.15, 0.2) is 48.5 Å². The number of nitrogens with one attached hydrogen (secondary N) is 2. The molecule has 0 bridgehead atoms. The Morgan fingerprint density at radius 3 is 2.30 bits per heavy atom. The highest BCUT2D eigenvalue weighted by molar-refractivity contribution is 5.90. The van der Waals surface area contributed by atoms with Crippen LogP contribution in [0, 0.1) is 0 Å².